The Hall–Kier alpha value is -4.63. The van der Waals surface area contributed by atoms with Gasteiger partial charge < -0.3 is 44.3 Å². The fourth-order valence-corrected chi connectivity index (χ4v) is 10.1. The fourth-order valence-electron chi connectivity index (χ4n) is 10.1. The van der Waals surface area contributed by atoms with Crippen molar-refractivity contribution in [3.8, 4) is 0 Å². The Bertz CT molecular complexity index is 1970. The quantitative estimate of drug-likeness (QED) is 0.165. The Morgan fingerprint density at radius 3 is 2.12 bits per heavy atom. The molecular weight excluding hydrogens is 750 g/mol. The number of fused-ring (bicyclic) bond motifs is 5. The number of hydrogen-bond donors (Lipinski definition) is 4. The van der Waals surface area contributed by atoms with Gasteiger partial charge in [0.2, 0.25) is 0 Å². The third-order valence-corrected chi connectivity index (χ3v) is 12.9. The molecule has 2 bridgehead atoms. The Kier molecular flexibility index (Phi) is 11.3. The minimum atomic E-state index is -2.19. The van der Waals surface area contributed by atoms with Crippen LogP contribution in [0.4, 0.5) is 4.79 Å². The number of esters is 3. The fraction of sp³-hybridized carbons (Fsp3) is 0.568. The lowest BCUT2D eigenvalue weighted by molar-refractivity contribution is -0.345. The van der Waals surface area contributed by atoms with Gasteiger partial charge >= 0.3 is 24.0 Å². The van der Waals surface area contributed by atoms with E-state index in [9.17, 15) is 34.5 Å². The number of carbonyl (C=O) groups is 5. The van der Waals surface area contributed by atoms with Gasteiger partial charge in [0, 0.05) is 31.1 Å². The second-order valence-electron chi connectivity index (χ2n) is 17.9. The minimum absolute atomic E-state index is 0.0734. The van der Waals surface area contributed by atoms with Crippen LogP contribution in [-0.2, 0) is 38.1 Å². The number of carbonyl (C=O) groups excluding carboxylic acids is 5. The summed E-state index contributed by atoms with van der Waals surface area (Å²) in [5.74, 6) is -5.57. The van der Waals surface area contributed by atoms with Gasteiger partial charge in [0.05, 0.1) is 35.6 Å². The molecule has 1 amide bonds. The number of aliphatic hydroxyl groups is 3. The van der Waals surface area contributed by atoms with Crippen molar-refractivity contribution in [1.82, 2.24) is 5.32 Å². The highest BCUT2D eigenvalue weighted by atomic mass is 16.6. The van der Waals surface area contributed by atoms with Crippen molar-refractivity contribution < 1.29 is 63.0 Å². The van der Waals surface area contributed by atoms with Crippen LogP contribution >= 0.6 is 0 Å². The van der Waals surface area contributed by atoms with E-state index < -0.39 is 112 Å². The van der Waals surface area contributed by atoms with Gasteiger partial charge in [-0.2, -0.15) is 0 Å². The van der Waals surface area contributed by atoms with Gasteiger partial charge in [-0.15, -0.1) is 0 Å². The standard InChI is InChI=1S/C44H55NO13/c1-23-28(55-38(51)33(48)32(26-16-12-10-13-17-26)45-39(52)58-40(4,5)6)21-44(53)36(56-37(50)27-18-14-11-15-19-27)34-42(9,35(49)24(2)31(23)41(44,7)8)29(47)20-30-43(34,22-54-30)57-25(3)46/h10-19,24,28-30,32-34,36,47-48,53H,20-22H2,1-9H3,(H,45,52)/t24?,28-,29-,30+,32-,33+,34?,36-,42+,43-,44+/m0/s1. The van der Waals surface area contributed by atoms with E-state index in [-0.39, 0.29) is 18.6 Å². The second-order valence-corrected chi connectivity index (χ2v) is 17.9. The van der Waals surface area contributed by atoms with E-state index in [0.29, 0.717) is 16.7 Å². The molecular formula is C44H55NO13. The summed E-state index contributed by atoms with van der Waals surface area (Å²) in [6.45, 7) is 14.3. The highest BCUT2D eigenvalue weighted by Crippen LogP contribution is 2.65. The maximum Gasteiger partial charge on any atom is 0.408 e. The maximum atomic E-state index is 15.2. The number of ether oxygens (including phenoxy) is 5. The highest BCUT2D eigenvalue weighted by Gasteiger charge is 2.77. The van der Waals surface area contributed by atoms with Gasteiger partial charge in [0.25, 0.3) is 0 Å². The Labute approximate surface area is 338 Å². The molecule has 58 heavy (non-hydrogen) atoms. The van der Waals surface area contributed by atoms with Gasteiger partial charge in [-0.25, -0.2) is 14.4 Å². The number of aliphatic hydroxyl groups excluding tert-OH is 2. The summed E-state index contributed by atoms with van der Waals surface area (Å²) in [6.07, 6.45) is -8.64. The number of rotatable bonds is 8. The summed E-state index contributed by atoms with van der Waals surface area (Å²) in [4.78, 5) is 69.3. The topological polar surface area (TPSA) is 204 Å². The van der Waals surface area contributed by atoms with E-state index >= 15 is 4.79 Å². The largest absolute Gasteiger partial charge is 0.456 e. The predicted octanol–water partition coefficient (Wildman–Crippen LogP) is 4.53. The van der Waals surface area contributed by atoms with E-state index in [1.165, 1.54) is 19.1 Å². The van der Waals surface area contributed by atoms with Gasteiger partial charge in [-0.05, 0) is 63.5 Å². The Balaban J connectivity index is 1.49. The van der Waals surface area contributed by atoms with E-state index in [4.69, 9.17) is 23.7 Å². The monoisotopic (exact) mass is 805 g/mol. The van der Waals surface area contributed by atoms with Gasteiger partial charge in [-0.1, -0.05) is 69.3 Å². The lowest BCUT2D eigenvalue weighted by Gasteiger charge is -2.67. The summed E-state index contributed by atoms with van der Waals surface area (Å²) < 4.78 is 29.9. The van der Waals surface area contributed by atoms with Crippen LogP contribution in [0.2, 0.25) is 0 Å². The summed E-state index contributed by atoms with van der Waals surface area (Å²) in [5, 5.41) is 39.7. The molecule has 2 unspecified atom stereocenters. The molecule has 314 valence electrons. The average Bonchev–Trinajstić information content (AvgIpc) is 3.14. The molecule has 6 rings (SSSR count). The normalized spacial score (nSPS) is 33.7. The van der Waals surface area contributed by atoms with Gasteiger partial charge in [-0.3, -0.25) is 9.59 Å². The number of nitrogens with one attached hydrogen (secondary N) is 1. The zero-order valence-corrected chi connectivity index (χ0v) is 34.4. The third kappa shape index (κ3) is 7.11. The van der Waals surface area contributed by atoms with Crippen molar-refractivity contribution in [1.29, 1.82) is 0 Å². The van der Waals surface area contributed by atoms with Crippen molar-refractivity contribution in [3.05, 3.63) is 82.9 Å². The van der Waals surface area contributed by atoms with E-state index in [2.05, 4.69) is 5.32 Å². The molecule has 0 spiro atoms. The number of amides is 1. The molecule has 3 fully saturated rings. The number of hydrogen-bond acceptors (Lipinski definition) is 13. The molecule has 14 heteroatoms. The molecule has 4 N–H and O–H groups in total. The molecule has 14 nitrogen and oxygen atoms in total. The average molecular weight is 806 g/mol. The van der Waals surface area contributed by atoms with Crippen LogP contribution in [-0.4, -0.2) is 99.0 Å². The Morgan fingerprint density at radius 2 is 1.57 bits per heavy atom. The van der Waals surface area contributed by atoms with Crippen LogP contribution in [0.5, 0.6) is 0 Å². The van der Waals surface area contributed by atoms with Crippen LogP contribution < -0.4 is 5.32 Å². The van der Waals surface area contributed by atoms with Crippen LogP contribution in [0, 0.1) is 22.7 Å². The molecule has 1 aliphatic heterocycles. The lowest BCUT2D eigenvalue weighted by Crippen LogP contribution is -2.81. The first kappa shape index (κ1) is 43.0. The maximum absolute atomic E-state index is 15.2. The predicted molar refractivity (Wildman–Crippen MR) is 207 cm³/mol. The van der Waals surface area contributed by atoms with Crippen molar-refractivity contribution in [2.45, 2.75) is 129 Å². The first-order valence-electron chi connectivity index (χ1n) is 19.7. The van der Waals surface area contributed by atoms with E-state index in [0.717, 1.165) is 0 Å². The molecule has 0 aromatic heterocycles. The summed E-state index contributed by atoms with van der Waals surface area (Å²) in [5.41, 5.74) is -6.56. The first-order valence-corrected chi connectivity index (χ1v) is 19.7. The SMILES string of the molecule is CC(=O)O[C@@]12CO[C@@H]1C[C@H](O)[C@@]1(C)C(=O)C(C)C3=C(C)[C@@H](OC(=O)[C@H](O)[C@@H](NC(=O)OC(C)(C)C)c4ccccc4)C[C@@](O)([C@@H](OC(=O)c4ccccc4)C12)C3(C)C. The molecule has 2 saturated carbocycles. The third-order valence-electron chi connectivity index (χ3n) is 12.9. The molecule has 0 radical (unpaired) electrons. The van der Waals surface area contributed by atoms with Crippen molar-refractivity contribution in [2.24, 2.45) is 22.7 Å². The number of Topliss-reactive ketones (excluding diaryl/α,β-unsaturated/α-hetero) is 1. The van der Waals surface area contributed by atoms with Gasteiger partial charge in [0.15, 0.2) is 11.7 Å². The molecule has 2 aromatic carbocycles. The molecule has 3 aliphatic carbocycles. The lowest BCUT2D eigenvalue weighted by atomic mass is 9.43. The molecule has 1 saturated heterocycles. The molecule has 11 atom stereocenters. The Morgan fingerprint density at radius 1 is 0.966 bits per heavy atom. The summed E-state index contributed by atoms with van der Waals surface area (Å²) in [6, 6.07) is 15.0. The molecule has 1 heterocycles. The zero-order valence-electron chi connectivity index (χ0n) is 34.4. The molecule has 4 aliphatic rings. The van der Waals surface area contributed by atoms with Gasteiger partial charge in [0.1, 0.15) is 35.3 Å². The van der Waals surface area contributed by atoms with Crippen molar-refractivity contribution in [3.63, 3.8) is 0 Å². The van der Waals surface area contributed by atoms with Crippen LogP contribution in [0.3, 0.4) is 0 Å². The second kappa shape index (κ2) is 15.2. The van der Waals surface area contributed by atoms with Crippen molar-refractivity contribution in [2.75, 3.05) is 6.61 Å². The van der Waals surface area contributed by atoms with E-state index in [1.54, 1.807) is 104 Å². The molecule has 2 aromatic rings. The first-order chi connectivity index (χ1) is 27.0. The van der Waals surface area contributed by atoms with Crippen LogP contribution in [0.15, 0.2) is 71.8 Å². The van der Waals surface area contributed by atoms with Crippen LogP contribution in [0.1, 0.15) is 97.1 Å². The smallest absolute Gasteiger partial charge is 0.408 e. The number of ketones is 1. The van der Waals surface area contributed by atoms with Crippen molar-refractivity contribution >= 4 is 29.8 Å². The summed E-state index contributed by atoms with van der Waals surface area (Å²) >= 11 is 0. The highest BCUT2D eigenvalue weighted by molar-refractivity contribution is 5.92. The number of alkyl carbamates (subject to hydrolysis) is 1. The van der Waals surface area contributed by atoms with Crippen LogP contribution in [0.25, 0.3) is 0 Å². The summed E-state index contributed by atoms with van der Waals surface area (Å²) in [7, 11) is 0. The zero-order chi connectivity index (χ0) is 42.7. The van der Waals surface area contributed by atoms with E-state index in [1.807, 2.05) is 0 Å². The minimum Gasteiger partial charge on any atom is -0.456 e. The number of benzene rings is 2.